The summed E-state index contributed by atoms with van der Waals surface area (Å²) in [5.74, 6) is 4.42. The molecule has 33 heavy (non-hydrogen) atoms. The molecule has 2 aromatic rings. The lowest BCUT2D eigenvalue weighted by Crippen LogP contribution is -2.32. The van der Waals surface area contributed by atoms with Gasteiger partial charge in [-0.25, -0.2) is 35.5 Å². The van der Waals surface area contributed by atoms with Crippen LogP contribution in [0.3, 0.4) is 0 Å². The van der Waals surface area contributed by atoms with E-state index < -0.39 is 54.2 Å². The zero-order chi connectivity index (χ0) is 25.0. The molecule has 2 aromatic carbocycles. The molecule has 0 radical (unpaired) electrons. The van der Waals surface area contributed by atoms with Crippen molar-refractivity contribution in [1.82, 2.24) is 4.72 Å². The minimum Gasteiger partial charge on any atom is -0.486 e. The van der Waals surface area contributed by atoms with E-state index in [4.69, 9.17) is 9.88 Å². The Hall–Kier alpha value is -3.01. The number of hydrogen-bond acceptors (Lipinski definition) is 6. The third kappa shape index (κ3) is 7.52. The Kier molecular flexibility index (Phi) is 7.84. The van der Waals surface area contributed by atoms with E-state index in [1.165, 1.54) is 24.3 Å². The summed E-state index contributed by atoms with van der Waals surface area (Å²) < 4.78 is 80.8. The van der Waals surface area contributed by atoms with E-state index in [-0.39, 0.29) is 16.9 Å². The molecule has 1 amide bonds. The number of rotatable bonds is 7. The van der Waals surface area contributed by atoms with Gasteiger partial charge in [-0.3, -0.25) is 4.79 Å². The van der Waals surface area contributed by atoms with Gasteiger partial charge in [-0.05, 0) is 51.1 Å². The summed E-state index contributed by atoms with van der Waals surface area (Å²) in [6, 6.07) is 8.12. The van der Waals surface area contributed by atoms with E-state index in [1.807, 2.05) is 20.8 Å². The summed E-state index contributed by atoms with van der Waals surface area (Å²) in [7, 11) is -9.05. The minimum atomic E-state index is -4.65. The van der Waals surface area contributed by atoms with Gasteiger partial charge in [-0.2, -0.15) is 0 Å². The van der Waals surface area contributed by atoms with Gasteiger partial charge in [-0.1, -0.05) is 24.0 Å². The van der Waals surface area contributed by atoms with Crippen molar-refractivity contribution in [3.8, 4) is 17.6 Å². The zero-order valence-corrected chi connectivity index (χ0v) is 19.6. The van der Waals surface area contributed by atoms with Crippen LogP contribution in [0, 0.1) is 17.3 Å². The first kappa shape index (κ1) is 26.2. The molecule has 0 unspecified atom stereocenters. The van der Waals surface area contributed by atoms with E-state index in [0.717, 1.165) is 18.2 Å². The number of nitrogens with one attached hydrogen (secondary N) is 1. The van der Waals surface area contributed by atoms with E-state index in [0.29, 0.717) is 0 Å². The molecule has 0 saturated heterocycles. The molecule has 0 heterocycles. The number of benzene rings is 2. The number of primary sulfonamides is 1. The maximum atomic E-state index is 12.7. The minimum absolute atomic E-state index is 0.137. The molecule has 0 fully saturated rings. The van der Waals surface area contributed by atoms with Crippen LogP contribution in [-0.4, -0.2) is 35.8 Å². The SMILES string of the molecule is CC(C)(C)C#Cc1ccc(C(=O)NS(=O)(=O)c2ccccc2S(N)(=O)=O)cc1OCC(F)F. The first-order chi connectivity index (χ1) is 15.1. The number of amides is 1. The highest BCUT2D eigenvalue weighted by molar-refractivity contribution is 7.92. The van der Waals surface area contributed by atoms with Crippen molar-refractivity contribution in [2.24, 2.45) is 10.6 Å². The lowest BCUT2D eigenvalue weighted by atomic mass is 9.97. The number of hydrogen-bond donors (Lipinski definition) is 2. The van der Waals surface area contributed by atoms with Gasteiger partial charge < -0.3 is 4.74 Å². The molecule has 0 saturated carbocycles. The normalized spacial score (nSPS) is 12.1. The van der Waals surface area contributed by atoms with Gasteiger partial charge in [0, 0.05) is 11.0 Å². The largest absolute Gasteiger partial charge is 0.486 e. The van der Waals surface area contributed by atoms with Crippen LogP contribution in [0.5, 0.6) is 5.75 Å². The summed E-state index contributed by atoms with van der Waals surface area (Å²) >= 11 is 0. The standard InChI is InChI=1S/C21H22F2N2O6S2/c1-21(2,3)11-10-14-8-9-15(12-16(14)31-13-19(22)23)20(26)25-33(29,30)18-7-5-4-6-17(18)32(24,27)28/h4-9,12,19H,13H2,1-3H3,(H,25,26)(H2,24,27,28). The molecule has 0 aliphatic heterocycles. The predicted octanol–water partition coefficient (Wildman–Crippen LogP) is 2.49. The van der Waals surface area contributed by atoms with Gasteiger partial charge in [-0.15, -0.1) is 0 Å². The summed E-state index contributed by atoms with van der Waals surface area (Å²) in [4.78, 5) is 11.2. The third-order valence-electron chi connectivity index (χ3n) is 3.85. The number of halogens is 2. The number of nitrogens with two attached hydrogens (primary N) is 1. The number of alkyl halides is 2. The van der Waals surface area contributed by atoms with Crippen molar-refractivity contribution < 1.29 is 35.1 Å². The molecule has 0 aromatic heterocycles. The van der Waals surface area contributed by atoms with Crippen LogP contribution in [0.1, 0.15) is 36.7 Å². The van der Waals surface area contributed by atoms with Gasteiger partial charge in [0.15, 0.2) is 0 Å². The van der Waals surface area contributed by atoms with Gasteiger partial charge in [0.1, 0.15) is 22.1 Å². The third-order valence-corrected chi connectivity index (χ3v) is 6.34. The van der Waals surface area contributed by atoms with Crippen LogP contribution >= 0.6 is 0 Å². The Labute approximate surface area is 191 Å². The fourth-order valence-electron chi connectivity index (χ4n) is 2.44. The summed E-state index contributed by atoms with van der Waals surface area (Å²) in [5.41, 5.74) is -0.414. The van der Waals surface area contributed by atoms with Crippen LogP contribution < -0.4 is 14.6 Å². The molecule has 0 aliphatic rings. The van der Waals surface area contributed by atoms with Gasteiger partial charge in [0.05, 0.1) is 5.56 Å². The molecule has 178 valence electrons. The van der Waals surface area contributed by atoms with Crippen molar-refractivity contribution in [2.75, 3.05) is 6.61 Å². The molecule has 2 rings (SSSR count). The van der Waals surface area contributed by atoms with E-state index in [1.54, 1.807) is 4.72 Å². The van der Waals surface area contributed by atoms with E-state index >= 15 is 0 Å². The second kappa shape index (κ2) is 9.86. The summed E-state index contributed by atoms with van der Waals surface area (Å²) in [6.45, 7) is 4.55. The van der Waals surface area contributed by atoms with Crippen LogP contribution in [-0.2, 0) is 20.0 Å². The fourth-order valence-corrected chi connectivity index (χ4v) is 4.79. The van der Waals surface area contributed by atoms with Crippen LogP contribution in [0.15, 0.2) is 52.3 Å². The molecular weight excluding hydrogens is 478 g/mol. The molecule has 12 heteroatoms. The quantitative estimate of drug-likeness (QED) is 0.562. The molecule has 0 bridgehead atoms. The Bertz CT molecular complexity index is 1320. The predicted molar refractivity (Wildman–Crippen MR) is 117 cm³/mol. The molecule has 0 atom stereocenters. The van der Waals surface area contributed by atoms with Crippen LogP contribution in [0.4, 0.5) is 8.78 Å². The van der Waals surface area contributed by atoms with Gasteiger partial charge >= 0.3 is 0 Å². The van der Waals surface area contributed by atoms with Gasteiger partial charge in [0.2, 0.25) is 10.0 Å². The Morgan fingerprint density at radius 3 is 2.24 bits per heavy atom. The lowest BCUT2D eigenvalue weighted by Gasteiger charge is -2.13. The maximum Gasteiger partial charge on any atom is 0.272 e. The Morgan fingerprint density at radius 1 is 1.09 bits per heavy atom. The molecule has 0 spiro atoms. The van der Waals surface area contributed by atoms with E-state index in [2.05, 4.69) is 11.8 Å². The highest BCUT2D eigenvalue weighted by atomic mass is 32.2. The topological polar surface area (TPSA) is 133 Å². The van der Waals surface area contributed by atoms with Crippen molar-refractivity contribution in [2.45, 2.75) is 37.0 Å². The number of ether oxygens (including phenoxy) is 1. The van der Waals surface area contributed by atoms with Crippen molar-refractivity contribution >= 4 is 26.0 Å². The average molecular weight is 501 g/mol. The first-order valence-electron chi connectivity index (χ1n) is 9.37. The van der Waals surface area contributed by atoms with E-state index in [9.17, 15) is 30.4 Å². The average Bonchev–Trinajstić information content (AvgIpc) is 2.69. The van der Waals surface area contributed by atoms with Crippen molar-refractivity contribution in [1.29, 1.82) is 0 Å². The first-order valence-corrected chi connectivity index (χ1v) is 12.4. The second-order valence-corrected chi connectivity index (χ2v) is 11.0. The lowest BCUT2D eigenvalue weighted by molar-refractivity contribution is 0.0817. The molecule has 8 nitrogen and oxygen atoms in total. The fraction of sp³-hybridized carbons (Fsp3) is 0.286. The number of carbonyl (C=O) groups is 1. The summed E-state index contributed by atoms with van der Waals surface area (Å²) in [5, 5.41) is 5.05. The molecule has 0 aliphatic carbocycles. The van der Waals surface area contributed by atoms with Crippen molar-refractivity contribution in [3.05, 3.63) is 53.6 Å². The van der Waals surface area contributed by atoms with Crippen molar-refractivity contribution in [3.63, 3.8) is 0 Å². The van der Waals surface area contributed by atoms with Crippen LogP contribution in [0.25, 0.3) is 0 Å². The molecular formula is C21H22F2N2O6S2. The highest BCUT2D eigenvalue weighted by Crippen LogP contribution is 2.23. The zero-order valence-electron chi connectivity index (χ0n) is 17.9. The van der Waals surface area contributed by atoms with Gasteiger partial charge in [0.25, 0.3) is 22.4 Å². The number of sulfonamides is 2. The Balaban J connectivity index is 2.43. The summed E-state index contributed by atoms with van der Waals surface area (Å²) in [6.07, 6.45) is -2.79. The molecule has 3 N–H and O–H groups in total. The second-order valence-electron chi connectivity index (χ2n) is 7.84. The highest BCUT2D eigenvalue weighted by Gasteiger charge is 2.26. The monoisotopic (exact) mass is 500 g/mol. The maximum absolute atomic E-state index is 12.7. The Morgan fingerprint density at radius 2 is 1.70 bits per heavy atom. The smallest absolute Gasteiger partial charge is 0.272 e. The number of carbonyl (C=O) groups excluding carboxylic acids is 1. The van der Waals surface area contributed by atoms with Crippen LogP contribution in [0.2, 0.25) is 0 Å².